The molecular formula is C57H106O12S. The van der Waals surface area contributed by atoms with Crippen LogP contribution in [-0.2, 0) is 38.3 Å². The molecular weight excluding hydrogens is 909 g/mol. The van der Waals surface area contributed by atoms with Gasteiger partial charge in [-0.2, -0.15) is 8.42 Å². The molecule has 0 aromatic heterocycles. The van der Waals surface area contributed by atoms with Gasteiger partial charge in [0.05, 0.1) is 19.8 Å². The lowest BCUT2D eigenvalue weighted by Gasteiger charge is -2.41. The van der Waals surface area contributed by atoms with Gasteiger partial charge in [0.15, 0.2) is 6.29 Å². The number of unbranched alkanes of at least 4 members (excludes halogenated alkanes) is 32. The van der Waals surface area contributed by atoms with E-state index >= 15 is 0 Å². The van der Waals surface area contributed by atoms with Gasteiger partial charge in [-0.15, -0.1) is 0 Å². The molecule has 0 aromatic rings. The molecule has 1 fully saturated rings. The minimum absolute atomic E-state index is 0.0352. The van der Waals surface area contributed by atoms with Crippen LogP contribution < -0.4 is 0 Å². The zero-order valence-electron chi connectivity index (χ0n) is 44.6. The third kappa shape index (κ3) is 40.8. The molecule has 1 heterocycles. The number of carbonyl (C=O) groups excluding carboxylic acids is 1. The van der Waals surface area contributed by atoms with Crippen molar-refractivity contribution in [1.29, 1.82) is 0 Å². The normalized spacial score (nSPS) is 19.3. The van der Waals surface area contributed by atoms with E-state index < -0.39 is 59.8 Å². The van der Waals surface area contributed by atoms with Crippen LogP contribution in [0.4, 0.5) is 0 Å². The molecule has 4 N–H and O–H groups in total. The molecule has 13 heteroatoms. The molecule has 1 aliphatic rings. The molecule has 6 atom stereocenters. The lowest BCUT2D eigenvalue weighted by atomic mass is 9.99. The van der Waals surface area contributed by atoms with Gasteiger partial charge >= 0.3 is 16.4 Å². The van der Waals surface area contributed by atoms with Gasteiger partial charge in [-0.05, 0) is 44.9 Å². The molecule has 6 unspecified atom stereocenters. The Bertz CT molecular complexity index is 1360. The molecule has 412 valence electrons. The number of aliphatic hydroxyl groups excluding tert-OH is 3. The summed E-state index contributed by atoms with van der Waals surface area (Å²) in [6.07, 6.45) is 50.5. The minimum atomic E-state index is -5.07. The van der Waals surface area contributed by atoms with E-state index in [4.69, 9.17) is 18.9 Å². The van der Waals surface area contributed by atoms with Crippen molar-refractivity contribution >= 4 is 16.4 Å². The van der Waals surface area contributed by atoms with Crippen molar-refractivity contribution in [2.45, 2.75) is 295 Å². The van der Waals surface area contributed by atoms with Crippen molar-refractivity contribution in [3.05, 3.63) is 36.5 Å². The Morgan fingerprint density at radius 1 is 0.557 bits per heavy atom. The van der Waals surface area contributed by atoms with Crippen molar-refractivity contribution in [3.63, 3.8) is 0 Å². The molecule has 0 aromatic carbocycles. The van der Waals surface area contributed by atoms with Crippen LogP contribution in [0, 0.1) is 0 Å². The number of ether oxygens (including phenoxy) is 4. The fraction of sp³-hybridized carbons (Fsp3) is 0.877. The third-order valence-corrected chi connectivity index (χ3v) is 13.7. The highest BCUT2D eigenvalue weighted by molar-refractivity contribution is 7.80. The first-order chi connectivity index (χ1) is 34.1. The van der Waals surface area contributed by atoms with Gasteiger partial charge in [0.25, 0.3) is 0 Å². The summed E-state index contributed by atoms with van der Waals surface area (Å²) >= 11 is 0. The van der Waals surface area contributed by atoms with E-state index in [-0.39, 0.29) is 19.6 Å². The second-order valence-electron chi connectivity index (χ2n) is 19.9. The van der Waals surface area contributed by atoms with Crippen LogP contribution in [-0.4, -0.2) is 97.5 Å². The Kier molecular flexibility index (Phi) is 45.7. The van der Waals surface area contributed by atoms with E-state index in [0.717, 1.165) is 70.6 Å². The predicted octanol–water partition coefficient (Wildman–Crippen LogP) is 14.1. The quantitative estimate of drug-likeness (QED) is 0.0196. The molecule has 12 nitrogen and oxygen atoms in total. The zero-order valence-corrected chi connectivity index (χ0v) is 45.4. The van der Waals surface area contributed by atoms with Crippen LogP contribution in [0.1, 0.15) is 258 Å². The van der Waals surface area contributed by atoms with Crippen LogP contribution in [0.5, 0.6) is 0 Å². The van der Waals surface area contributed by atoms with Gasteiger partial charge in [0.2, 0.25) is 0 Å². The number of rotatable bonds is 51. The highest BCUT2D eigenvalue weighted by Crippen LogP contribution is 2.26. The average Bonchev–Trinajstić information content (AvgIpc) is 3.34. The first-order valence-electron chi connectivity index (χ1n) is 28.7. The fourth-order valence-electron chi connectivity index (χ4n) is 8.98. The molecule has 1 aliphatic heterocycles. The number of allylic oxidation sites excluding steroid dienone is 6. The number of carbonyl (C=O) groups is 1. The van der Waals surface area contributed by atoms with Crippen LogP contribution >= 0.6 is 0 Å². The highest BCUT2D eigenvalue weighted by Gasteiger charge is 2.48. The first kappa shape index (κ1) is 66.3. The van der Waals surface area contributed by atoms with E-state index in [1.54, 1.807) is 0 Å². The van der Waals surface area contributed by atoms with Crippen LogP contribution in [0.15, 0.2) is 36.5 Å². The lowest BCUT2D eigenvalue weighted by molar-refractivity contribution is -0.301. The maximum absolute atomic E-state index is 12.9. The predicted molar refractivity (Wildman–Crippen MR) is 285 cm³/mol. The van der Waals surface area contributed by atoms with Crippen molar-refractivity contribution < 1.29 is 56.2 Å². The SMILES string of the molecule is CC/C=C\C/C=C\C/C=C\CCCCCCCCCC(=O)OC(COCCCCCCCCCCCCCCCCCCCCCCCCCCCC)COC1OC(CO)C(O)C(OS(=O)(=O)O)C1O. The molecule has 70 heavy (non-hydrogen) atoms. The Labute approximate surface area is 428 Å². The smallest absolute Gasteiger partial charge is 0.397 e. The Balaban J connectivity index is 2.26. The third-order valence-electron chi connectivity index (χ3n) is 13.3. The summed E-state index contributed by atoms with van der Waals surface area (Å²) in [5.74, 6) is -0.405. The maximum Gasteiger partial charge on any atom is 0.397 e. The molecule has 0 saturated carbocycles. The summed E-state index contributed by atoms with van der Waals surface area (Å²) in [6.45, 7) is 3.92. The standard InChI is InChI=1S/C57H106O12S/c1-3-5-7-9-11-13-15-17-19-21-22-23-24-25-26-27-28-29-31-33-35-37-39-41-43-45-47-65-49-51(50-66-57-55(61)56(69-70(62,63)64)54(60)52(48-58)68-57)67-53(59)46-44-42-40-38-36-34-32-30-20-18-16-14-12-10-8-6-4-2/h6,8,12,14,18,20,51-52,54-58,60-61H,3-5,7,9-11,13,15-17,19,21-50H2,1-2H3,(H,62,63,64)/b8-6-,14-12-,20-18-. The van der Waals surface area contributed by atoms with Crippen molar-refractivity contribution in [2.75, 3.05) is 26.4 Å². The largest absolute Gasteiger partial charge is 0.457 e. The number of esters is 1. The van der Waals surface area contributed by atoms with E-state index in [0.29, 0.717) is 13.0 Å². The number of hydrogen-bond donors (Lipinski definition) is 4. The van der Waals surface area contributed by atoms with Gasteiger partial charge in [0, 0.05) is 13.0 Å². The number of aliphatic hydroxyl groups is 3. The van der Waals surface area contributed by atoms with Crippen molar-refractivity contribution in [3.8, 4) is 0 Å². The maximum atomic E-state index is 12.9. The van der Waals surface area contributed by atoms with E-state index in [9.17, 15) is 33.1 Å². The Morgan fingerprint density at radius 3 is 1.44 bits per heavy atom. The van der Waals surface area contributed by atoms with Gasteiger partial charge in [-0.25, -0.2) is 4.18 Å². The molecule has 0 bridgehead atoms. The summed E-state index contributed by atoms with van der Waals surface area (Å²) in [5, 5.41) is 30.8. The summed E-state index contributed by atoms with van der Waals surface area (Å²) in [7, 11) is -5.07. The van der Waals surface area contributed by atoms with Crippen molar-refractivity contribution in [2.24, 2.45) is 0 Å². The van der Waals surface area contributed by atoms with Crippen LogP contribution in [0.2, 0.25) is 0 Å². The Morgan fingerprint density at radius 2 is 0.986 bits per heavy atom. The van der Waals surface area contributed by atoms with Gasteiger partial charge in [-0.3, -0.25) is 9.35 Å². The molecule has 1 rings (SSSR count). The summed E-state index contributed by atoms with van der Waals surface area (Å²) in [5.41, 5.74) is 0. The number of hydrogen-bond acceptors (Lipinski definition) is 11. The summed E-state index contributed by atoms with van der Waals surface area (Å²) in [4.78, 5) is 12.9. The fourth-order valence-corrected chi connectivity index (χ4v) is 9.49. The first-order valence-corrected chi connectivity index (χ1v) is 30.1. The molecule has 0 spiro atoms. The summed E-state index contributed by atoms with van der Waals surface area (Å²) in [6, 6.07) is 0. The molecule has 1 saturated heterocycles. The molecule has 0 aliphatic carbocycles. The second kappa shape index (κ2) is 48.3. The van der Waals surface area contributed by atoms with E-state index in [2.05, 4.69) is 54.5 Å². The Hall–Kier alpha value is -1.68. The highest BCUT2D eigenvalue weighted by atomic mass is 32.3. The van der Waals surface area contributed by atoms with Crippen molar-refractivity contribution in [1.82, 2.24) is 0 Å². The minimum Gasteiger partial charge on any atom is -0.457 e. The second-order valence-corrected chi connectivity index (χ2v) is 20.9. The summed E-state index contributed by atoms with van der Waals surface area (Å²) < 4.78 is 59.4. The lowest BCUT2D eigenvalue weighted by Crippen LogP contribution is -2.60. The van der Waals surface area contributed by atoms with Gasteiger partial charge < -0.3 is 34.3 Å². The average molecular weight is 1020 g/mol. The topological polar surface area (TPSA) is 178 Å². The van der Waals surface area contributed by atoms with E-state index in [1.165, 1.54) is 161 Å². The monoisotopic (exact) mass is 1010 g/mol. The van der Waals surface area contributed by atoms with Gasteiger partial charge in [-0.1, -0.05) is 243 Å². The molecule has 0 amide bonds. The van der Waals surface area contributed by atoms with Crippen LogP contribution in [0.25, 0.3) is 0 Å². The zero-order chi connectivity index (χ0) is 51.0. The van der Waals surface area contributed by atoms with E-state index in [1.807, 2.05) is 0 Å². The van der Waals surface area contributed by atoms with Crippen LogP contribution in [0.3, 0.4) is 0 Å². The molecule has 0 radical (unpaired) electrons. The van der Waals surface area contributed by atoms with Gasteiger partial charge in [0.1, 0.15) is 30.5 Å².